The number of halogens is 1. The van der Waals surface area contributed by atoms with Crippen molar-refractivity contribution in [2.45, 2.75) is 20.4 Å². The molecule has 0 unspecified atom stereocenters. The lowest BCUT2D eigenvalue weighted by Gasteiger charge is -2.13. The zero-order valence-corrected chi connectivity index (χ0v) is 16.8. The van der Waals surface area contributed by atoms with Crippen LogP contribution in [-0.2, 0) is 23.1 Å². The van der Waals surface area contributed by atoms with E-state index in [4.69, 9.17) is 4.74 Å². The SMILES string of the molecule is Cc1c(C#N)c(NC(=O)COC(=O)c2cnn(C)c2)n(Cc2ccc(F)cc2)c1C. The molecule has 1 N–H and O–H groups in total. The molecule has 0 saturated carbocycles. The highest BCUT2D eigenvalue weighted by Crippen LogP contribution is 2.27. The maximum absolute atomic E-state index is 13.2. The number of esters is 1. The highest BCUT2D eigenvalue weighted by Gasteiger charge is 2.21. The van der Waals surface area contributed by atoms with E-state index in [0.29, 0.717) is 17.9 Å². The van der Waals surface area contributed by atoms with Crippen LogP contribution >= 0.6 is 0 Å². The van der Waals surface area contributed by atoms with Crippen molar-refractivity contribution in [2.75, 3.05) is 11.9 Å². The van der Waals surface area contributed by atoms with Gasteiger partial charge in [-0.3, -0.25) is 9.48 Å². The summed E-state index contributed by atoms with van der Waals surface area (Å²) < 4.78 is 21.4. The van der Waals surface area contributed by atoms with Gasteiger partial charge >= 0.3 is 5.97 Å². The summed E-state index contributed by atoms with van der Waals surface area (Å²) >= 11 is 0. The molecule has 0 radical (unpaired) electrons. The van der Waals surface area contributed by atoms with E-state index < -0.39 is 18.5 Å². The first-order valence-electron chi connectivity index (χ1n) is 9.10. The van der Waals surface area contributed by atoms with Crippen molar-refractivity contribution in [2.24, 2.45) is 7.05 Å². The maximum Gasteiger partial charge on any atom is 0.341 e. The van der Waals surface area contributed by atoms with Crippen molar-refractivity contribution in [3.63, 3.8) is 0 Å². The monoisotopic (exact) mass is 409 g/mol. The first kappa shape index (κ1) is 20.8. The Balaban J connectivity index is 1.77. The molecule has 2 aromatic heterocycles. The van der Waals surface area contributed by atoms with Gasteiger partial charge in [0.25, 0.3) is 5.91 Å². The number of nitriles is 1. The summed E-state index contributed by atoms with van der Waals surface area (Å²) in [4.78, 5) is 24.4. The van der Waals surface area contributed by atoms with E-state index in [1.165, 1.54) is 29.2 Å². The van der Waals surface area contributed by atoms with Gasteiger partial charge in [-0.1, -0.05) is 12.1 Å². The minimum Gasteiger partial charge on any atom is -0.452 e. The average Bonchev–Trinajstić information content (AvgIpc) is 3.25. The molecule has 0 aliphatic heterocycles. The van der Waals surface area contributed by atoms with Crippen molar-refractivity contribution in [1.82, 2.24) is 14.3 Å². The summed E-state index contributed by atoms with van der Waals surface area (Å²) in [6, 6.07) is 8.08. The maximum atomic E-state index is 13.2. The molecule has 9 heteroatoms. The van der Waals surface area contributed by atoms with E-state index in [0.717, 1.165) is 16.8 Å². The van der Waals surface area contributed by atoms with E-state index in [1.54, 1.807) is 30.7 Å². The fraction of sp³-hybridized carbons (Fsp3) is 0.238. The summed E-state index contributed by atoms with van der Waals surface area (Å²) in [6.07, 6.45) is 2.82. The summed E-state index contributed by atoms with van der Waals surface area (Å²) in [6.45, 7) is 3.43. The second-order valence-corrected chi connectivity index (χ2v) is 6.79. The zero-order chi connectivity index (χ0) is 21.8. The van der Waals surface area contributed by atoms with E-state index in [1.807, 2.05) is 6.92 Å². The molecule has 1 amide bonds. The lowest BCUT2D eigenvalue weighted by Crippen LogP contribution is -2.23. The minimum atomic E-state index is -0.673. The number of carbonyl (C=O) groups is 2. The fourth-order valence-electron chi connectivity index (χ4n) is 3.01. The first-order valence-corrected chi connectivity index (χ1v) is 9.10. The van der Waals surface area contributed by atoms with Crippen LogP contribution in [0.4, 0.5) is 10.2 Å². The number of rotatable bonds is 6. The van der Waals surface area contributed by atoms with Crippen LogP contribution in [0.1, 0.15) is 32.7 Å². The number of ether oxygens (including phenoxy) is 1. The Morgan fingerprint density at radius 2 is 1.97 bits per heavy atom. The van der Waals surface area contributed by atoms with Gasteiger partial charge in [-0.05, 0) is 37.1 Å². The Bertz CT molecular complexity index is 1140. The number of benzene rings is 1. The topological polar surface area (TPSA) is 102 Å². The molecule has 0 atom stereocenters. The molecule has 30 heavy (non-hydrogen) atoms. The summed E-state index contributed by atoms with van der Waals surface area (Å²) in [5.41, 5.74) is 2.87. The van der Waals surface area contributed by atoms with Gasteiger partial charge in [-0.2, -0.15) is 10.4 Å². The van der Waals surface area contributed by atoms with Crippen LogP contribution in [0.5, 0.6) is 0 Å². The zero-order valence-electron chi connectivity index (χ0n) is 16.8. The van der Waals surface area contributed by atoms with Gasteiger partial charge < -0.3 is 14.6 Å². The molecule has 0 fully saturated rings. The molecule has 0 saturated heterocycles. The Labute approximate surface area is 172 Å². The molecule has 154 valence electrons. The van der Waals surface area contributed by atoms with Gasteiger partial charge in [0, 0.05) is 25.5 Å². The average molecular weight is 409 g/mol. The van der Waals surface area contributed by atoms with Crippen LogP contribution in [0.3, 0.4) is 0 Å². The molecule has 0 spiro atoms. The molecule has 0 aliphatic carbocycles. The summed E-state index contributed by atoms with van der Waals surface area (Å²) in [7, 11) is 1.66. The van der Waals surface area contributed by atoms with Crippen molar-refractivity contribution in [3.8, 4) is 6.07 Å². The largest absolute Gasteiger partial charge is 0.452 e. The number of anilines is 1. The number of nitrogens with zero attached hydrogens (tertiary/aromatic N) is 4. The third-order valence-electron chi connectivity index (χ3n) is 4.73. The fourth-order valence-corrected chi connectivity index (χ4v) is 3.01. The molecule has 3 aromatic rings. The first-order chi connectivity index (χ1) is 14.3. The van der Waals surface area contributed by atoms with Crippen LogP contribution in [0, 0.1) is 31.0 Å². The molecular weight excluding hydrogens is 389 g/mol. The Morgan fingerprint density at radius 1 is 1.27 bits per heavy atom. The Hall–Kier alpha value is -3.93. The van der Waals surface area contributed by atoms with Crippen LogP contribution in [0.2, 0.25) is 0 Å². The van der Waals surface area contributed by atoms with Crippen molar-refractivity contribution >= 4 is 17.7 Å². The van der Waals surface area contributed by atoms with Crippen LogP contribution in [0.15, 0.2) is 36.7 Å². The highest BCUT2D eigenvalue weighted by atomic mass is 19.1. The molecule has 0 aliphatic rings. The van der Waals surface area contributed by atoms with Gasteiger partial charge in [-0.25, -0.2) is 9.18 Å². The smallest absolute Gasteiger partial charge is 0.341 e. The number of nitrogens with one attached hydrogen (secondary N) is 1. The number of aryl methyl sites for hydroxylation is 1. The molecule has 8 nitrogen and oxygen atoms in total. The third-order valence-corrected chi connectivity index (χ3v) is 4.73. The van der Waals surface area contributed by atoms with E-state index in [9.17, 15) is 19.2 Å². The van der Waals surface area contributed by atoms with E-state index in [2.05, 4.69) is 16.5 Å². The standard InChI is InChI=1S/C21H20FN5O3/c1-13-14(2)27(10-15-4-6-17(22)7-5-15)20(18(13)8-23)25-19(28)12-30-21(29)16-9-24-26(3)11-16/h4-7,9,11H,10,12H2,1-3H3,(H,25,28). The van der Waals surface area contributed by atoms with Gasteiger partial charge in [-0.15, -0.1) is 0 Å². The van der Waals surface area contributed by atoms with Gasteiger partial charge in [0.15, 0.2) is 6.61 Å². The van der Waals surface area contributed by atoms with Crippen molar-refractivity contribution in [3.05, 3.63) is 70.4 Å². The number of amides is 1. The number of carbonyl (C=O) groups excluding carboxylic acids is 2. The number of aromatic nitrogens is 3. The van der Waals surface area contributed by atoms with E-state index >= 15 is 0 Å². The second-order valence-electron chi connectivity index (χ2n) is 6.79. The highest BCUT2D eigenvalue weighted by molar-refractivity contribution is 5.95. The van der Waals surface area contributed by atoms with Gasteiger partial charge in [0.05, 0.1) is 17.3 Å². The molecule has 1 aromatic carbocycles. The van der Waals surface area contributed by atoms with Gasteiger partial charge in [0.1, 0.15) is 17.7 Å². The number of hydrogen-bond donors (Lipinski definition) is 1. The quantitative estimate of drug-likeness (QED) is 0.631. The van der Waals surface area contributed by atoms with Gasteiger partial charge in [0.2, 0.25) is 0 Å². The summed E-state index contributed by atoms with van der Waals surface area (Å²) in [5, 5.41) is 16.1. The lowest BCUT2D eigenvalue weighted by molar-refractivity contribution is -0.119. The van der Waals surface area contributed by atoms with Crippen molar-refractivity contribution < 1.29 is 18.7 Å². The predicted molar refractivity (Wildman–Crippen MR) is 106 cm³/mol. The van der Waals surface area contributed by atoms with Crippen molar-refractivity contribution in [1.29, 1.82) is 5.26 Å². The van der Waals surface area contributed by atoms with E-state index in [-0.39, 0.29) is 11.4 Å². The Kier molecular flexibility index (Phi) is 5.97. The normalized spacial score (nSPS) is 10.5. The molecular formula is C21H20FN5O3. The minimum absolute atomic E-state index is 0.231. The predicted octanol–water partition coefficient (Wildman–Crippen LogP) is 2.69. The summed E-state index contributed by atoms with van der Waals surface area (Å²) in [5.74, 6) is -1.30. The van der Waals surface area contributed by atoms with Crippen LogP contribution in [0.25, 0.3) is 0 Å². The molecule has 2 heterocycles. The number of hydrogen-bond acceptors (Lipinski definition) is 5. The van der Waals surface area contributed by atoms with Crippen LogP contribution in [-0.4, -0.2) is 32.8 Å². The second kappa shape index (κ2) is 8.61. The van der Waals surface area contributed by atoms with Crippen LogP contribution < -0.4 is 5.32 Å². The lowest BCUT2D eigenvalue weighted by atomic mass is 10.2. The third kappa shape index (κ3) is 4.38. The molecule has 3 rings (SSSR count). The molecule has 0 bridgehead atoms. The Morgan fingerprint density at radius 3 is 2.57 bits per heavy atom.